The first-order valence-electron chi connectivity index (χ1n) is 4.64. The molecule has 0 heterocycles. The summed E-state index contributed by atoms with van der Waals surface area (Å²) in [4.78, 5) is 11.5. The Morgan fingerprint density at radius 1 is 1.40 bits per heavy atom. The van der Waals surface area contributed by atoms with Gasteiger partial charge in [0.15, 0.2) is 0 Å². The molecular formula is C12H14FO2. The smallest absolute Gasteiger partial charge is 0.341 e. The zero-order valence-electron chi connectivity index (χ0n) is 9.13. The molecule has 0 amide bonds. The van der Waals surface area contributed by atoms with Crippen molar-refractivity contribution in [2.75, 3.05) is 0 Å². The number of hydrogen-bond acceptors (Lipinski definition) is 2. The number of esters is 1. The Morgan fingerprint density at radius 3 is 2.47 bits per heavy atom. The van der Waals surface area contributed by atoms with Crippen LogP contribution in [0.1, 0.15) is 36.7 Å². The van der Waals surface area contributed by atoms with Crippen LogP contribution in [-0.4, -0.2) is 11.6 Å². The van der Waals surface area contributed by atoms with E-state index in [0.29, 0.717) is 5.56 Å². The Labute approximate surface area is 89.1 Å². The molecule has 0 fully saturated rings. The van der Waals surface area contributed by atoms with Crippen molar-refractivity contribution in [3.63, 3.8) is 0 Å². The van der Waals surface area contributed by atoms with E-state index in [1.165, 1.54) is 12.1 Å². The van der Waals surface area contributed by atoms with E-state index in [1.54, 1.807) is 26.8 Å². The first kappa shape index (κ1) is 11.7. The van der Waals surface area contributed by atoms with E-state index in [9.17, 15) is 9.18 Å². The summed E-state index contributed by atoms with van der Waals surface area (Å²) in [6.07, 6.45) is 0. The Kier molecular flexibility index (Phi) is 3.12. The highest BCUT2D eigenvalue weighted by atomic mass is 19.1. The fourth-order valence-electron chi connectivity index (χ4n) is 1.06. The van der Waals surface area contributed by atoms with Crippen molar-refractivity contribution >= 4 is 5.97 Å². The third-order valence-corrected chi connectivity index (χ3v) is 1.65. The van der Waals surface area contributed by atoms with Crippen LogP contribution in [0.2, 0.25) is 0 Å². The van der Waals surface area contributed by atoms with E-state index in [0.717, 1.165) is 0 Å². The van der Waals surface area contributed by atoms with E-state index >= 15 is 0 Å². The normalized spacial score (nSPS) is 11.3. The molecule has 1 aromatic rings. The molecule has 0 spiro atoms. The first-order chi connectivity index (χ1) is 6.79. The number of hydrogen-bond donors (Lipinski definition) is 0. The van der Waals surface area contributed by atoms with Gasteiger partial charge in [0.1, 0.15) is 11.4 Å². The molecular weight excluding hydrogens is 195 g/mol. The lowest BCUT2D eigenvalue weighted by Gasteiger charge is -2.19. The average Bonchev–Trinajstić information content (AvgIpc) is 1.99. The Morgan fingerprint density at radius 2 is 2.00 bits per heavy atom. The summed E-state index contributed by atoms with van der Waals surface area (Å²) in [5, 5.41) is 0. The highest BCUT2D eigenvalue weighted by molar-refractivity contribution is 5.90. The summed E-state index contributed by atoms with van der Waals surface area (Å²) >= 11 is 0. The molecule has 81 valence electrons. The summed E-state index contributed by atoms with van der Waals surface area (Å²) in [6, 6.07) is 4.16. The predicted molar refractivity (Wildman–Crippen MR) is 56.0 cm³/mol. The fraction of sp³-hybridized carbons (Fsp3) is 0.333. The molecule has 15 heavy (non-hydrogen) atoms. The molecule has 0 N–H and O–H groups in total. The van der Waals surface area contributed by atoms with Gasteiger partial charge in [-0.2, -0.15) is 0 Å². The topological polar surface area (TPSA) is 26.3 Å². The van der Waals surface area contributed by atoms with Crippen molar-refractivity contribution in [1.82, 2.24) is 0 Å². The SMILES string of the molecule is [CH2]c1ccc(C(=O)OC(C)(C)C)c(F)c1. The largest absolute Gasteiger partial charge is 0.456 e. The average molecular weight is 209 g/mol. The number of rotatable bonds is 1. The lowest BCUT2D eigenvalue weighted by atomic mass is 10.1. The molecule has 0 aliphatic heterocycles. The summed E-state index contributed by atoms with van der Waals surface area (Å²) < 4.78 is 18.4. The van der Waals surface area contributed by atoms with Gasteiger partial charge in [-0.3, -0.25) is 0 Å². The number of halogens is 1. The second-order valence-electron chi connectivity index (χ2n) is 4.32. The minimum Gasteiger partial charge on any atom is -0.456 e. The van der Waals surface area contributed by atoms with Crippen molar-refractivity contribution in [2.24, 2.45) is 0 Å². The van der Waals surface area contributed by atoms with Gasteiger partial charge in [0, 0.05) is 0 Å². The number of ether oxygens (including phenoxy) is 1. The van der Waals surface area contributed by atoms with Gasteiger partial charge in [-0.05, 0) is 45.4 Å². The zero-order valence-corrected chi connectivity index (χ0v) is 9.13. The van der Waals surface area contributed by atoms with Crippen molar-refractivity contribution in [3.05, 3.63) is 42.1 Å². The third kappa shape index (κ3) is 3.35. The van der Waals surface area contributed by atoms with Gasteiger partial charge in [-0.15, -0.1) is 0 Å². The molecule has 1 aromatic carbocycles. The van der Waals surface area contributed by atoms with Crippen molar-refractivity contribution in [1.29, 1.82) is 0 Å². The molecule has 1 radical (unpaired) electrons. The molecule has 0 bridgehead atoms. The van der Waals surface area contributed by atoms with Crippen LogP contribution in [0.5, 0.6) is 0 Å². The van der Waals surface area contributed by atoms with Crippen LogP contribution >= 0.6 is 0 Å². The fourth-order valence-corrected chi connectivity index (χ4v) is 1.06. The molecule has 0 atom stereocenters. The molecule has 2 nitrogen and oxygen atoms in total. The first-order valence-corrected chi connectivity index (χ1v) is 4.64. The minimum absolute atomic E-state index is 0.0580. The number of carbonyl (C=O) groups excluding carboxylic acids is 1. The molecule has 0 unspecified atom stereocenters. The Hall–Kier alpha value is -1.38. The van der Waals surface area contributed by atoms with Gasteiger partial charge in [0.2, 0.25) is 0 Å². The molecule has 0 aliphatic rings. The highest BCUT2D eigenvalue weighted by Gasteiger charge is 2.20. The van der Waals surface area contributed by atoms with E-state index in [2.05, 4.69) is 6.92 Å². The van der Waals surface area contributed by atoms with Gasteiger partial charge in [0.25, 0.3) is 0 Å². The monoisotopic (exact) mass is 209 g/mol. The second-order valence-corrected chi connectivity index (χ2v) is 4.32. The van der Waals surface area contributed by atoms with E-state index < -0.39 is 17.4 Å². The Bertz CT molecular complexity index is 378. The number of benzene rings is 1. The standard InChI is InChI=1S/C12H14FO2/c1-8-5-6-9(10(13)7-8)11(14)15-12(2,3)4/h5-7H,1H2,2-4H3. The maximum Gasteiger partial charge on any atom is 0.341 e. The van der Waals surface area contributed by atoms with Crippen molar-refractivity contribution in [3.8, 4) is 0 Å². The molecule has 0 saturated heterocycles. The van der Waals surface area contributed by atoms with Crippen LogP contribution in [0.4, 0.5) is 4.39 Å². The molecule has 0 saturated carbocycles. The quantitative estimate of drug-likeness (QED) is 0.665. The minimum atomic E-state index is -0.653. The summed E-state index contributed by atoms with van der Waals surface area (Å²) in [5.41, 5.74) is -0.149. The van der Waals surface area contributed by atoms with Gasteiger partial charge in [0.05, 0.1) is 5.56 Å². The van der Waals surface area contributed by atoms with E-state index in [4.69, 9.17) is 4.74 Å². The van der Waals surface area contributed by atoms with Crippen LogP contribution in [0.15, 0.2) is 18.2 Å². The van der Waals surface area contributed by atoms with Crippen LogP contribution in [0, 0.1) is 12.7 Å². The lowest BCUT2D eigenvalue weighted by Crippen LogP contribution is -2.24. The maximum absolute atomic E-state index is 13.3. The van der Waals surface area contributed by atoms with Gasteiger partial charge in [-0.1, -0.05) is 6.07 Å². The van der Waals surface area contributed by atoms with Crippen LogP contribution in [0.25, 0.3) is 0 Å². The highest BCUT2D eigenvalue weighted by Crippen LogP contribution is 2.15. The molecule has 3 heteroatoms. The van der Waals surface area contributed by atoms with Gasteiger partial charge < -0.3 is 4.74 Å². The molecule has 0 aromatic heterocycles. The van der Waals surface area contributed by atoms with Crippen LogP contribution in [0.3, 0.4) is 0 Å². The molecule has 0 aliphatic carbocycles. The van der Waals surface area contributed by atoms with Crippen molar-refractivity contribution < 1.29 is 13.9 Å². The predicted octanol–water partition coefficient (Wildman–Crippen LogP) is 2.96. The second kappa shape index (κ2) is 4.01. The molecule has 1 rings (SSSR count). The van der Waals surface area contributed by atoms with Crippen molar-refractivity contribution in [2.45, 2.75) is 26.4 Å². The lowest BCUT2D eigenvalue weighted by molar-refractivity contribution is 0.00648. The zero-order chi connectivity index (χ0) is 11.6. The number of carbonyl (C=O) groups is 1. The summed E-state index contributed by atoms with van der Waals surface area (Å²) in [5.74, 6) is -1.25. The van der Waals surface area contributed by atoms with E-state index in [1.807, 2.05) is 0 Å². The Balaban J connectivity index is 2.92. The van der Waals surface area contributed by atoms with Crippen LogP contribution in [-0.2, 0) is 4.74 Å². The van der Waals surface area contributed by atoms with Crippen LogP contribution < -0.4 is 0 Å². The summed E-state index contributed by atoms with van der Waals surface area (Å²) in [6.45, 7) is 8.77. The van der Waals surface area contributed by atoms with Gasteiger partial charge >= 0.3 is 5.97 Å². The van der Waals surface area contributed by atoms with Gasteiger partial charge in [-0.25, -0.2) is 9.18 Å². The third-order valence-electron chi connectivity index (χ3n) is 1.65. The maximum atomic E-state index is 13.3. The summed E-state index contributed by atoms with van der Waals surface area (Å²) in [7, 11) is 0. The van der Waals surface area contributed by atoms with E-state index in [-0.39, 0.29) is 5.56 Å².